The highest BCUT2D eigenvalue weighted by molar-refractivity contribution is 5.46. The number of phenols is 1. The maximum Gasteiger partial charge on any atom is 0.235 e. The first-order valence-electron chi connectivity index (χ1n) is 6.82. The van der Waals surface area contributed by atoms with Gasteiger partial charge in [0.05, 0.1) is 0 Å². The number of phenolic OH excluding ortho intramolecular Hbond substituents is 1. The Morgan fingerprint density at radius 3 is 2.42 bits per heavy atom. The zero-order valence-corrected chi connectivity index (χ0v) is 11.9. The van der Waals surface area contributed by atoms with Crippen LogP contribution in [0.25, 0.3) is 0 Å². The predicted molar refractivity (Wildman–Crippen MR) is 75.1 cm³/mol. The van der Waals surface area contributed by atoms with E-state index in [0.717, 1.165) is 36.8 Å². The van der Waals surface area contributed by atoms with Crippen molar-refractivity contribution in [1.29, 1.82) is 0 Å². The van der Waals surface area contributed by atoms with Gasteiger partial charge in [-0.2, -0.15) is 4.99 Å². The number of nitrogens with zero attached hydrogens (tertiary/aromatic N) is 1. The van der Waals surface area contributed by atoms with Crippen molar-refractivity contribution in [2.24, 2.45) is 4.99 Å². The number of rotatable bonds is 2. The van der Waals surface area contributed by atoms with E-state index in [1.54, 1.807) is 12.1 Å². The summed E-state index contributed by atoms with van der Waals surface area (Å²) in [4.78, 5) is 14.8. The monoisotopic (exact) mass is 259 g/mol. The van der Waals surface area contributed by atoms with Crippen LogP contribution in [0, 0.1) is 0 Å². The van der Waals surface area contributed by atoms with Crippen molar-refractivity contribution >= 4 is 6.08 Å². The number of aromatic hydroxyl groups is 1. The van der Waals surface area contributed by atoms with Crippen LogP contribution in [0.15, 0.2) is 23.2 Å². The fourth-order valence-corrected chi connectivity index (χ4v) is 2.86. The third kappa shape index (κ3) is 2.57. The molecule has 1 aliphatic rings. The first kappa shape index (κ1) is 13.8. The molecule has 0 amide bonds. The third-order valence-corrected chi connectivity index (χ3v) is 4.05. The van der Waals surface area contributed by atoms with E-state index in [1.165, 1.54) is 0 Å². The van der Waals surface area contributed by atoms with Crippen LogP contribution in [-0.2, 0) is 15.7 Å². The van der Waals surface area contributed by atoms with E-state index in [4.69, 9.17) is 0 Å². The topological polar surface area (TPSA) is 49.7 Å². The van der Waals surface area contributed by atoms with Crippen molar-refractivity contribution in [1.82, 2.24) is 0 Å². The van der Waals surface area contributed by atoms with Crippen LogP contribution < -0.4 is 0 Å². The molecule has 1 N–H and O–H groups in total. The lowest BCUT2D eigenvalue weighted by molar-refractivity contribution is 0.407. The summed E-state index contributed by atoms with van der Waals surface area (Å²) >= 11 is 0. The van der Waals surface area contributed by atoms with E-state index < -0.39 is 5.54 Å². The average Bonchev–Trinajstić information content (AvgIpc) is 2.78. The Labute approximate surface area is 114 Å². The van der Waals surface area contributed by atoms with E-state index in [1.807, 2.05) is 12.1 Å². The number of hydrogen-bond donors (Lipinski definition) is 1. The van der Waals surface area contributed by atoms with Crippen molar-refractivity contribution in [3.63, 3.8) is 0 Å². The van der Waals surface area contributed by atoms with Gasteiger partial charge in [-0.15, -0.1) is 0 Å². The molecule has 0 spiro atoms. The maximum atomic E-state index is 10.8. The Kier molecular flexibility index (Phi) is 3.51. The summed E-state index contributed by atoms with van der Waals surface area (Å²) in [6.45, 7) is 6.40. The predicted octanol–water partition coefficient (Wildman–Crippen LogP) is 3.79. The summed E-state index contributed by atoms with van der Waals surface area (Å²) in [5.74, 6) is 0.230. The Balaban J connectivity index is 2.57. The van der Waals surface area contributed by atoms with Crippen molar-refractivity contribution in [2.75, 3.05) is 0 Å². The van der Waals surface area contributed by atoms with Crippen LogP contribution in [-0.4, -0.2) is 11.2 Å². The molecule has 0 unspecified atom stereocenters. The normalized spacial score (nSPS) is 18.1. The lowest BCUT2D eigenvalue weighted by atomic mass is 9.81. The quantitative estimate of drug-likeness (QED) is 0.648. The molecular weight excluding hydrogens is 238 g/mol. The van der Waals surface area contributed by atoms with Gasteiger partial charge in [0.1, 0.15) is 11.3 Å². The molecule has 19 heavy (non-hydrogen) atoms. The Bertz CT molecular complexity index is 516. The van der Waals surface area contributed by atoms with Crippen LogP contribution in [0.3, 0.4) is 0 Å². The lowest BCUT2D eigenvalue weighted by Gasteiger charge is -2.27. The number of benzene rings is 1. The zero-order valence-electron chi connectivity index (χ0n) is 11.9. The largest absolute Gasteiger partial charge is 0.508 e. The highest BCUT2D eigenvalue weighted by atomic mass is 16.3. The van der Waals surface area contributed by atoms with Crippen LogP contribution in [0.1, 0.15) is 57.6 Å². The Hall–Kier alpha value is -1.60. The fourth-order valence-electron chi connectivity index (χ4n) is 2.86. The van der Waals surface area contributed by atoms with Crippen LogP contribution >= 0.6 is 0 Å². The maximum absolute atomic E-state index is 10.8. The molecule has 1 fully saturated rings. The summed E-state index contributed by atoms with van der Waals surface area (Å²) in [6.07, 6.45) is 5.38. The summed E-state index contributed by atoms with van der Waals surface area (Å²) in [5.41, 5.74) is 1.37. The van der Waals surface area contributed by atoms with Crippen molar-refractivity contribution in [2.45, 2.75) is 57.4 Å². The smallest absolute Gasteiger partial charge is 0.235 e. The summed E-state index contributed by atoms with van der Waals surface area (Å²) < 4.78 is 0. The van der Waals surface area contributed by atoms with Gasteiger partial charge in [-0.1, -0.05) is 39.7 Å². The van der Waals surface area contributed by atoms with Gasteiger partial charge in [0.25, 0.3) is 0 Å². The Morgan fingerprint density at radius 2 is 1.89 bits per heavy atom. The molecule has 0 saturated heterocycles. The molecule has 3 heteroatoms. The van der Waals surface area contributed by atoms with Crippen LogP contribution in [0.4, 0.5) is 0 Å². The molecule has 1 saturated carbocycles. The molecule has 2 rings (SSSR count). The molecule has 0 heterocycles. The van der Waals surface area contributed by atoms with Crippen molar-refractivity contribution in [3.8, 4) is 5.75 Å². The molecule has 0 atom stereocenters. The van der Waals surface area contributed by atoms with Gasteiger partial charge in [-0.25, -0.2) is 4.79 Å². The fraction of sp³-hybridized carbons (Fsp3) is 0.562. The molecule has 0 bridgehead atoms. The highest BCUT2D eigenvalue weighted by Gasteiger charge is 2.38. The highest BCUT2D eigenvalue weighted by Crippen LogP contribution is 2.46. The number of isocyanates is 1. The van der Waals surface area contributed by atoms with E-state index in [2.05, 4.69) is 25.8 Å². The second kappa shape index (κ2) is 4.82. The molecule has 1 aliphatic carbocycles. The van der Waals surface area contributed by atoms with Gasteiger partial charge in [0.2, 0.25) is 6.08 Å². The standard InChI is InChI=1S/C16H21NO2/c1-15(2,3)12-6-7-14(19)13(10-12)16(17-11-18)8-4-5-9-16/h6-7,10,19H,4-5,8-9H2,1-3H3. The van der Waals surface area contributed by atoms with Gasteiger partial charge in [-0.05, 0) is 36.0 Å². The van der Waals surface area contributed by atoms with Gasteiger partial charge in [-0.3, -0.25) is 0 Å². The molecule has 0 radical (unpaired) electrons. The first-order valence-corrected chi connectivity index (χ1v) is 6.82. The summed E-state index contributed by atoms with van der Waals surface area (Å²) in [7, 11) is 0. The SMILES string of the molecule is CC(C)(C)c1ccc(O)c(C2(N=C=O)CCCC2)c1. The van der Waals surface area contributed by atoms with E-state index >= 15 is 0 Å². The van der Waals surface area contributed by atoms with Crippen molar-refractivity contribution in [3.05, 3.63) is 29.3 Å². The minimum atomic E-state index is -0.562. The molecule has 1 aromatic rings. The molecule has 102 valence electrons. The minimum Gasteiger partial charge on any atom is -0.508 e. The first-order chi connectivity index (χ1) is 8.89. The summed E-state index contributed by atoms with van der Waals surface area (Å²) in [5, 5.41) is 10.2. The number of carbonyl (C=O) groups excluding carboxylic acids is 1. The van der Waals surface area contributed by atoms with Crippen molar-refractivity contribution < 1.29 is 9.90 Å². The van der Waals surface area contributed by atoms with Crippen LogP contribution in [0.2, 0.25) is 0 Å². The van der Waals surface area contributed by atoms with E-state index in [9.17, 15) is 9.90 Å². The molecular formula is C16H21NO2. The van der Waals surface area contributed by atoms with E-state index in [0.29, 0.717) is 0 Å². The van der Waals surface area contributed by atoms with Crippen LogP contribution in [0.5, 0.6) is 5.75 Å². The number of hydrogen-bond acceptors (Lipinski definition) is 3. The van der Waals surface area contributed by atoms with Gasteiger partial charge in [0, 0.05) is 5.56 Å². The molecule has 3 nitrogen and oxygen atoms in total. The second-order valence-corrected chi connectivity index (χ2v) is 6.42. The zero-order chi connectivity index (χ0) is 14.1. The Morgan fingerprint density at radius 1 is 1.26 bits per heavy atom. The number of aliphatic imine (C=N–C) groups is 1. The summed E-state index contributed by atoms with van der Waals surface area (Å²) in [6, 6.07) is 5.66. The second-order valence-electron chi connectivity index (χ2n) is 6.42. The molecule has 0 aliphatic heterocycles. The van der Waals surface area contributed by atoms with E-state index in [-0.39, 0.29) is 11.2 Å². The minimum absolute atomic E-state index is 0.00708. The van der Waals surface area contributed by atoms with Gasteiger partial charge in [0.15, 0.2) is 0 Å². The average molecular weight is 259 g/mol. The van der Waals surface area contributed by atoms with Gasteiger partial charge >= 0.3 is 0 Å². The van der Waals surface area contributed by atoms with Gasteiger partial charge < -0.3 is 5.11 Å². The lowest BCUT2D eigenvalue weighted by Crippen LogP contribution is -2.21. The molecule has 1 aromatic carbocycles. The molecule has 0 aromatic heterocycles. The third-order valence-electron chi connectivity index (χ3n) is 4.05.